The molecule has 1 amide bonds. The Morgan fingerprint density at radius 3 is 2.57 bits per heavy atom. The minimum atomic E-state index is 0.247. The fraction of sp³-hybridized carbons (Fsp3) is 0.619. The molecular weight excluding hydrogens is 352 g/mol. The van der Waals surface area contributed by atoms with Crippen molar-refractivity contribution in [1.29, 1.82) is 0 Å². The first-order chi connectivity index (χ1) is 13.7. The molecule has 28 heavy (non-hydrogen) atoms. The van der Waals surface area contributed by atoms with Crippen LogP contribution in [0.25, 0.3) is 5.69 Å². The van der Waals surface area contributed by atoms with Gasteiger partial charge in [-0.3, -0.25) is 9.69 Å². The number of hydrogen-bond acceptors (Lipinski definition) is 5. The van der Waals surface area contributed by atoms with Crippen LogP contribution >= 0.6 is 0 Å². The quantitative estimate of drug-likeness (QED) is 0.813. The molecular formula is C21H30N6O. The Labute approximate surface area is 166 Å². The van der Waals surface area contributed by atoms with Crippen LogP contribution in [-0.2, 0) is 11.3 Å². The Hall–Kier alpha value is -2.28. The third-order valence-corrected chi connectivity index (χ3v) is 6.28. The Morgan fingerprint density at radius 1 is 1.04 bits per heavy atom. The molecule has 0 bridgehead atoms. The Balaban J connectivity index is 1.37. The van der Waals surface area contributed by atoms with Crippen LogP contribution in [0, 0.1) is 5.92 Å². The number of piperidine rings is 1. The zero-order valence-electron chi connectivity index (χ0n) is 16.7. The largest absolute Gasteiger partial charge is 0.340 e. The first-order valence-electron chi connectivity index (χ1n) is 10.5. The normalized spacial score (nSPS) is 22.2. The molecule has 0 radical (unpaired) electrons. The summed E-state index contributed by atoms with van der Waals surface area (Å²) in [6.07, 6.45) is 7.10. The van der Waals surface area contributed by atoms with Gasteiger partial charge in [0.2, 0.25) is 5.91 Å². The van der Waals surface area contributed by atoms with Crippen molar-refractivity contribution in [3.63, 3.8) is 0 Å². The predicted molar refractivity (Wildman–Crippen MR) is 107 cm³/mol. The van der Waals surface area contributed by atoms with E-state index in [1.165, 1.54) is 12.8 Å². The first-order valence-corrected chi connectivity index (χ1v) is 10.5. The monoisotopic (exact) mass is 382 g/mol. The van der Waals surface area contributed by atoms with Crippen molar-refractivity contribution in [3.8, 4) is 5.69 Å². The van der Waals surface area contributed by atoms with Crippen molar-refractivity contribution in [2.75, 3.05) is 19.6 Å². The molecule has 1 aromatic heterocycles. The highest BCUT2D eigenvalue weighted by atomic mass is 16.2. The number of carbonyl (C=O) groups excluding carboxylic acids is 1. The summed E-state index contributed by atoms with van der Waals surface area (Å²) in [5.41, 5.74) is 0.993. The molecule has 2 aliphatic rings. The van der Waals surface area contributed by atoms with Crippen molar-refractivity contribution in [2.45, 2.75) is 58.0 Å². The second kappa shape index (κ2) is 8.82. The van der Waals surface area contributed by atoms with Crippen molar-refractivity contribution in [1.82, 2.24) is 30.0 Å². The summed E-state index contributed by atoms with van der Waals surface area (Å²) in [6.45, 7) is 5.50. The molecule has 3 heterocycles. The van der Waals surface area contributed by atoms with Gasteiger partial charge in [0.25, 0.3) is 0 Å². The molecule has 0 spiro atoms. The molecule has 2 fully saturated rings. The molecule has 0 saturated carbocycles. The van der Waals surface area contributed by atoms with E-state index in [-0.39, 0.29) is 5.91 Å². The molecule has 4 rings (SSSR count). The lowest BCUT2D eigenvalue weighted by molar-refractivity contribution is -0.132. The highest BCUT2D eigenvalue weighted by Gasteiger charge is 2.33. The van der Waals surface area contributed by atoms with Crippen molar-refractivity contribution in [2.24, 2.45) is 5.92 Å². The van der Waals surface area contributed by atoms with Gasteiger partial charge < -0.3 is 4.90 Å². The average Bonchev–Trinajstić information content (AvgIpc) is 3.03. The fourth-order valence-electron chi connectivity index (χ4n) is 4.79. The maximum Gasteiger partial charge on any atom is 0.219 e. The van der Waals surface area contributed by atoms with E-state index in [0.29, 0.717) is 12.0 Å². The summed E-state index contributed by atoms with van der Waals surface area (Å²) in [7, 11) is 0. The zero-order chi connectivity index (χ0) is 19.3. The molecule has 1 aromatic carbocycles. The van der Waals surface area contributed by atoms with E-state index < -0.39 is 0 Å². The van der Waals surface area contributed by atoms with Crippen LogP contribution in [0.1, 0.15) is 51.3 Å². The zero-order valence-corrected chi connectivity index (χ0v) is 16.7. The second-order valence-corrected chi connectivity index (χ2v) is 8.09. The third-order valence-electron chi connectivity index (χ3n) is 6.28. The number of para-hydroxylation sites is 1. The molecule has 2 aliphatic heterocycles. The number of tetrazole rings is 1. The van der Waals surface area contributed by atoms with Crippen molar-refractivity contribution in [3.05, 3.63) is 36.2 Å². The van der Waals surface area contributed by atoms with Gasteiger partial charge >= 0.3 is 0 Å². The van der Waals surface area contributed by atoms with Crippen molar-refractivity contribution >= 4 is 5.91 Å². The first kappa shape index (κ1) is 19.1. The van der Waals surface area contributed by atoms with Crippen LogP contribution < -0.4 is 0 Å². The Kier molecular flexibility index (Phi) is 6.00. The standard InChI is InChI=1S/C21H30N6O/c1-17(28)26-13-7-3-6-10-20(26)18-11-14-25(15-12-18)16-21-22-23-24-27(21)19-8-4-2-5-9-19/h2,4-5,8-9,18,20H,3,6-7,10-16H2,1H3/t20-/m0/s1. The minimum Gasteiger partial charge on any atom is -0.340 e. The summed E-state index contributed by atoms with van der Waals surface area (Å²) in [5, 5.41) is 12.3. The smallest absolute Gasteiger partial charge is 0.219 e. The second-order valence-electron chi connectivity index (χ2n) is 8.09. The predicted octanol–water partition coefficient (Wildman–Crippen LogP) is 2.67. The number of likely N-dealkylation sites (tertiary alicyclic amines) is 2. The molecule has 0 N–H and O–H groups in total. The lowest BCUT2D eigenvalue weighted by atomic mass is 9.86. The molecule has 7 nitrogen and oxygen atoms in total. The van der Waals surface area contributed by atoms with E-state index in [1.807, 2.05) is 35.0 Å². The van der Waals surface area contributed by atoms with E-state index in [9.17, 15) is 4.79 Å². The van der Waals surface area contributed by atoms with Gasteiger partial charge in [-0.1, -0.05) is 31.0 Å². The number of aromatic nitrogens is 4. The summed E-state index contributed by atoms with van der Waals surface area (Å²) < 4.78 is 1.83. The molecule has 2 aromatic rings. The number of nitrogens with zero attached hydrogens (tertiary/aromatic N) is 6. The van der Waals surface area contributed by atoms with Crippen LogP contribution in [0.5, 0.6) is 0 Å². The number of amides is 1. The highest BCUT2D eigenvalue weighted by Crippen LogP contribution is 2.30. The van der Waals surface area contributed by atoms with Gasteiger partial charge in [0.05, 0.1) is 12.2 Å². The molecule has 2 saturated heterocycles. The van der Waals surface area contributed by atoms with E-state index in [1.54, 1.807) is 6.92 Å². The third kappa shape index (κ3) is 4.24. The van der Waals surface area contributed by atoms with Gasteiger partial charge in [-0.15, -0.1) is 5.10 Å². The van der Waals surface area contributed by atoms with Gasteiger partial charge in [-0.2, -0.15) is 4.68 Å². The number of benzene rings is 1. The van der Waals surface area contributed by atoms with Gasteiger partial charge in [0, 0.05) is 19.5 Å². The maximum absolute atomic E-state index is 12.1. The lowest BCUT2D eigenvalue weighted by Crippen LogP contribution is -2.47. The SMILES string of the molecule is CC(=O)N1CCCCC[C@H]1C1CCN(Cc2nnnn2-c2ccccc2)CC1. The number of hydrogen-bond donors (Lipinski definition) is 0. The molecule has 7 heteroatoms. The molecule has 0 aliphatic carbocycles. The van der Waals surface area contributed by atoms with Crippen molar-refractivity contribution < 1.29 is 4.79 Å². The highest BCUT2D eigenvalue weighted by molar-refractivity contribution is 5.73. The van der Waals surface area contributed by atoms with E-state index in [0.717, 1.165) is 63.4 Å². The van der Waals surface area contributed by atoms with E-state index in [2.05, 4.69) is 25.3 Å². The molecule has 150 valence electrons. The summed E-state index contributed by atoms with van der Waals surface area (Å²) >= 11 is 0. The Morgan fingerprint density at radius 2 is 1.82 bits per heavy atom. The Bertz CT molecular complexity index is 768. The van der Waals surface area contributed by atoms with Crippen LogP contribution in [0.15, 0.2) is 30.3 Å². The fourth-order valence-corrected chi connectivity index (χ4v) is 4.79. The number of carbonyl (C=O) groups is 1. The number of rotatable bonds is 4. The van der Waals surface area contributed by atoms with E-state index >= 15 is 0 Å². The minimum absolute atomic E-state index is 0.247. The summed E-state index contributed by atoms with van der Waals surface area (Å²) in [5.74, 6) is 1.74. The van der Waals surface area contributed by atoms with Crippen LogP contribution in [0.4, 0.5) is 0 Å². The topological polar surface area (TPSA) is 67.2 Å². The summed E-state index contributed by atoms with van der Waals surface area (Å²) in [6, 6.07) is 10.5. The van der Waals surface area contributed by atoms with Crippen LogP contribution in [0.3, 0.4) is 0 Å². The molecule has 1 atom stereocenters. The van der Waals surface area contributed by atoms with E-state index in [4.69, 9.17) is 0 Å². The van der Waals surface area contributed by atoms with Gasteiger partial charge in [-0.25, -0.2) is 0 Å². The van der Waals surface area contributed by atoms with Crippen LogP contribution in [0.2, 0.25) is 0 Å². The lowest BCUT2D eigenvalue weighted by Gasteiger charge is -2.40. The van der Waals surface area contributed by atoms with Crippen LogP contribution in [-0.4, -0.2) is 61.6 Å². The summed E-state index contributed by atoms with van der Waals surface area (Å²) in [4.78, 5) is 16.7. The maximum atomic E-state index is 12.1. The van der Waals surface area contributed by atoms with Gasteiger partial charge in [0.15, 0.2) is 5.82 Å². The van der Waals surface area contributed by atoms with Gasteiger partial charge in [0.1, 0.15) is 0 Å². The van der Waals surface area contributed by atoms with Gasteiger partial charge in [-0.05, 0) is 67.3 Å². The molecule has 0 unspecified atom stereocenters. The average molecular weight is 383 g/mol.